The maximum Gasteiger partial charge on any atom is 0.292 e. The Morgan fingerprint density at radius 1 is 1.07 bits per heavy atom. The number of amides is 1. The number of halogens is 1. The van der Waals surface area contributed by atoms with Gasteiger partial charge in [-0.3, -0.25) is 4.79 Å². The lowest BCUT2D eigenvalue weighted by molar-refractivity contribution is 0.0947. The van der Waals surface area contributed by atoms with Crippen LogP contribution in [0.2, 0.25) is 5.02 Å². The zero-order valence-electron chi connectivity index (χ0n) is 21.4. The van der Waals surface area contributed by atoms with Crippen molar-refractivity contribution in [1.82, 2.24) is 30.7 Å². The highest BCUT2D eigenvalue weighted by Crippen LogP contribution is 2.29. The molecule has 2 aromatic heterocycles. The minimum Gasteiger partial charge on any atom is -0.493 e. The molecule has 0 bridgehead atoms. The van der Waals surface area contributed by atoms with Gasteiger partial charge in [-0.25, -0.2) is 10.1 Å². The van der Waals surface area contributed by atoms with Crippen LogP contribution in [0.3, 0.4) is 0 Å². The van der Waals surface area contributed by atoms with E-state index in [0.717, 1.165) is 10.2 Å². The van der Waals surface area contributed by atoms with E-state index in [9.17, 15) is 4.79 Å². The van der Waals surface area contributed by atoms with Crippen molar-refractivity contribution in [3.63, 3.8) is 0 Å². The normalized spacial score (nSPS) is 11.3. The highest BCUT2D eigenvalue weighted by Gasteiger charge is 2.26. The van der Waals surface area contributed by atoms with Crippen molar-refractivity contribution in [1.29, 1.82) is 0 Å². The smallest absolute Gasteiger partial charge is 0.292 e. The molecule has 0 atom stereocenters. The number of ether oxygens (including phenoxy) is 2. The molecule has 0 spiro atoms. The number of rotatable bonds is 9. The van der Waals surface area contributed by atoms with E-state index in [2.05, 4.69) is 35.8 Å². The third-order valence-corrected chi connectivity index (χ3v) is 6.09. The predicted molar refractivity (Wildman–Crippen MR) is 148 cm³/mol. The van der Waals surface area contributed by atoms with E-state index in [-0.39, 0.29) is 17.3 Å². The van der Waals surface area contributed by atoms with Gasteiger partial charge in [0, 0.05) is 16.1 Å². The van der Waals surface area contributed by atoms with Crippen LogP contribution in [-0.4, -0.2) is 44.0 Å². The van der Waals surface area contributed by atoms with Gasteiger partial charge in [0.1, 0.15) is 12.3 Å². The molecule has 0 aliphatic rings. The summed E-state index contributed by atoms with van der Waals surface area (Å²) in [6.07, 6.45) is 0. The summed E-state index contributed by atoms with van der Waals surface area (Å²) in [5, 5.41) is 20.5. The number of nitrogen functional groups attached to an aromatic ring is 1. The van der Waals surface area contributed by atoms with E-state index in [0.29, 0.717) is 45.7 Å². The molecule has 202 valence electrons. The standard InChI is InChI=1S/C27H23ClN8O4/c1-16(19-10-13-21(22(14-19)38-2)39-15-17-8-11-20(28)12-9-17)30-32-27(37)24-23(18-6-4-3-5-7-18)31-35-36(24)26-25(29)33-40-34-26/h3-14H,15H2,1-2H3,(H2,29,33)(H,32,37)/b30-16-. The Labute approximate surface area is 233 Å². The largest absolute Gasteiger partial charge is 0.493 e. The van der Waals surface area contributed by atoms with E-state index in [1.807, 2.05) is 36.4 Å². The summed E-state index contributed by atoms with van der Waals surface area (Å²) >= 11 is 5.95. The average molecular weight is 559 g/mol. The third-order valence-electron chi connectivity index (χ3n) is 5.84. The Morgan fingerprint density at radius 2 is 1.85 bits per heavy atom. The quantitative estimate of drug-likeness (QED) is 0.199. The first-order chi connectivity index (χ1) is 19.4. The van der Waals surface area contributed by atoms with Crippen LogP contribution < -0.4 is 20.6 Å². The number of carbonyl (C=O) groups excluding carboxylic acids is 1. The minimum atomic E-state index is -0.597. The fourth-order valence-corrected chi connectivity index (χ4v) is 3.89. The molecule has 0 saturated heterocycles. The molecule has 2 heterocycles. The van der Waals surface area contributed by atoms with Gasteiger partial charge >= 0.3 is 0 Å². The maximum atomic E-state index is 13.4. The predicted octanol–water partition coefficient (Wildman–Crippen LogP) is 4.29. The van der Waals surface area contributed by atoms with Gasteiger partial charge in [0.25, 0.3) is 5.91 Å². The molecular weight excluding hydrogens is 536 g/mol. The molecule has 0 saturated carbocycles. The van der Waals surface area contributed by atoms with E-state index in [4.69, 9.17) is 26.8 Å². The Morgan fingerprint density at radius 3 is 2.55 bits per heavy atom. The van der Waals surface area contributed by atoms with Crippen LogP contribution in [0.5, 0.6) is 11.5 Å². The lowest BCUT2D eigenvalue weighted by Gasteiger charge is -2.12. The van der Waals surface area contributed by atoms with E-state index >= 15 is 0 Å². The van der Waals surface area contributed by atoms with Gasteiger partial charge in [-0.05, 0) is 53.1 Å². The molecule has 13 heteroatoms. The van der Waals surface area contributed by atoms with Gasteiger partial charge in [0.05, 0.1) is 12.8 Å². The van der Waals surface area contributed by atoms with E-state index in [1.165, 1.54) is 0 Å². The molecule has 3 aromatic carbocycles. The van der Waals surface area contributed by atoms with Crippen molar-refractivity contribution in [3.8, 4) is 28.6 Å². The number of carbonyl (C=O) groups is 1. The van der Waals surface area contributed by atoms with Crippen molar-refractivity contribution >= 4 is 29.0 Å². The number of nitrogens with zero attached hydrogens (tertiary/aromatic N) is 6. The van der Waals surface area contributed by atoms with Crippen LogP contribution in [0.25, 0.3) is 17.1 Å². The van der Waals surface area contributed by atoms with Crippen molar-refractivity contribution in [2.45, 2.75) is 13.5 Å². The van der Waals surface area contributed by atoms with E-state index < -0.39 is 5.91 Å². The third kappa shape index (κ3) is 5.61. The molecule has 0 aliphatic heterocycles. The van der Waals surface area contributed by atoms with Crippen LogP contribution in [0.15, 0.2) is 82.5 Å². The van der Waals surface area contributed by atoms with Crippen molar-refractivity contribution in [2.24, 2.45) is 5.10 Å². The van der Waals surface area contributed by atoms with Crippen molar-refractivity contribution in [2.75, 3.05) is 12.8 Å². The Kier molecular flexibility index (Phi) is 7.69. The number of hydrogen-bond donors (Lipinski definition) is 2. The van der Waals surface area contributed by atoms with Gasteiger partial charge in [-0.15, -0.1) is 5.10 Å². The van der Waals surface area contributed by atoms with Crippen molar-refractivity contribution in [3.05, 3.63) is 94.6 Å². The first-order valence-corrected chi connectivity index (χ1v) is 12.3. The molecule has 5 aromatic rings. The number of anilines is 1. The second-order valence-corrected chi connectivity index (χ2v) is 8.89. The Balaban J connectivity index is 1.37. The first kappa shape index (κ1) is 26.4. The van der Waals surface area contributed by atoms with Crippen LogP contribution >= 0.6 is 11.6 Å². The summed E-state index contributed by atoms with van der Waals surface area (Å²) < 4.78 is 17.3. The first-order valence-electron chi connectivity index (χ1n) is 11.9. The van der Waals surface area contributed by atoms with E-state index in [1.54, 1.807) is 50.4 Å². The van der Waals surface area contributed by atoms with Gasteiger partial charge < -0.3 is 15.2 Å². The average Bonchev–Trinajstić information content (AvgIpc) is 3.61. The zero-order valence-corrected chi connectivity index (χ0v) is 22.2. The molecule has 1 amide bonds. The number of nitrogens with one attached hydrogen (secondary N) is 1. The molecular formula is C27H23ClN8O4. The highest BCUT2D eigenvalue weighted by molar-refractivity contribution is 6.30. The lowest BCUT2D eigenvalue weighted by Crippen LogP contribution is -2.23. The molecule has 12 nitrogen and oxygen atoms in total. The number of hydrazone groups is 1. The summed E-state index contributed by atoms with van der Waals surface area (Å²) in [6.45, 7) is 2.09. The van der Waals surface area contributed by atoms with Gasteiger partial charge in [-0.2, -0.15) is 9.78 Å². The van der Waals surface area contributed by atoms with Gasteiger partial charge in [0.15, 0.2) is 17.2 Å². The second-order valence-electron chi connectivity index (χ2n) is 8.46. The lowest BCUT2D eigenvalue weighted by atomic mass is 10.1. The van der Waals surface area contributed by atoms with Crippen LogP contribution in [0.1, 0.15) is 28.5 Å². The molecule has 40 heavy (non-hydrogen) atoms. The highest BCUT2D eigenvalue weighted by atomic mass is 35.5. The van der Waals surface area contributed by atoms with Crippen LogP contribution in [0.4, 0.5) is 5.82 Å². The van der Waals surface area contributed by atoms with Crippen molar-refractivity contribution < 1.29 is 18.9 Å². The van der Waals surface area contributed by atoms with Gasteiger partial charge in [0.2, 0.25) is 11.6 Å². The summed E-state index contributed by atoms with van der Waals surface area (Å²) in [4.78, 5) is 13.4. The molecule has 0 radical (unpaired) electrons. The summed E-state index contributed by atoms with van der Waals surface area (Å²) in [5.74, 6) is 0.443. The maximum absolute atomic E-state index is 13.4. The SMILES string of the molecule is COc1cc(/C(C)=N\NC(=O)c2c(-c3ccccc3)nnn2-c2nonc2N)ccc1OCc1ccc(Cl)cc1. The fourth-order valence-electron chi connectivity index (χ4n) is 3.77. The Bertz CT molecular complexity index is 1670. The zero-order chi connectivity index (χ0) is 28.1. The minimum absolute atomic E-state index is 0.0273. The molecule has 5 rings (SSSR count). The van der Waals surface area contributed by atoms with Crippen LogP contribution in [0, 0.1) is 0 Å². The number of hydrogen-bond acceptors (Lipinski definition) is 10. The fraction of sp³-hybridized carbons (Fsp3) is 0.111. The molecule has 3 N–H and O–H groups in total. The number of methoxy groups -OCH3 is 1. The van der Waals surface area contributed by atoms with Gasteiger partial charge in [-0.1, -0.05) is 59.3 Å². The number of nitrogens with two attached hydrogens (primary N) is 1. The summed E-state index contributed by atoms with van der Waals surface area (Å²) in [7, 11) is 1.55. The summed E-state index contributed by atoms with van der Waals surface area (Å²) in [5.41, 5.74) is 11.6. The Hall–Kier alpha value is -5.23. The number of benzene rings is 3. The number of aromatic nitrogens is 5. The molecule has 0 fully saturated rings. The second kappa shape index (κ2) is 11.7. The summed E-state index contributed by atoms with van der Waals surface area (Å²) in [6, 6.07) is 21.8. The molecule has 0 aliphatic carbocycles. The monoisotopic (exact) mass is 558 g/mol. The molecule has 0 unspecified atom stereocenters. The van der Waals surface area contributed by atoms with Crippen LogP contribution in [-0.2, 0) is 6.61 Å². The topological polar surface area (TPSA) is 156 Å².